The fourth-order valence-electron chi connectivity index (χ4n) is 3.76. The molecule has 1 aromatic rings. The number of hydrogen-bond donors (Lipinski definition) is 1. The Bertz CT molecular complexity index is 502. The molecular formula is C15H24N4O2. The number of anilines is 1. The second-order valence-electron chi connectivity index (χ2n) is 6.43. The van der Waals surface area contributed by atoms with E-state index in [4.69, 9.17) is 4.52 Å². The number of hydrogen-bond acceptors (Lipinski definition) is 5. The molecule has 6 heteroatoms. The van der Waals surface area contributed by atoms with Crippen LogP contribution >= 0.6 is 0 Å². The van der Waals surface area contributed by atoms with Gasteiger partial charge in [-0.1, -0.05) is 12.1 Å². The molecule has 0 aliphatic carbocycles. The maximum Gasteiger partial charge on any atom is 0.242 e. The number of nitrogens with zero attached hydrogens (tertiary/aromatic N) is 3. The van der Waals surface area contributed by atoms with Crippen molar-refractivity contribution < 1.29 is 9.32 Å². The molecule has 3 heterocycles. The van der Waals surface area contributed by atoms with Gasteiger partial charge >= 0.3 is 0 Å². The normalized spacial score (nSPS) is 27.8. The lowest BCUT2D eigenvalue weighted by atomic mass is 10.0. The summed E-state index contributed by atoms with van der Waals surface area (Å²) in [5.41, 5.74) is 0. The molecule has 3 atom stereocenters. The highest BCUT2D eigenvalue weighted by Gasteiger charge is 2.42. The van der Waals surface area contributed by atoms with Gasteiger partial charge in [-0.25, -0.2) is 0 Å². The van der Waals surface area contributed by atoms with Gasteiger partial charge in [-0.3, -0.25) is 9.69 Å². The van der Waals surface area contributed by atoms with Crippen molar-refractivity contribution in [2.75, 3.05) is 38.5 Å². The Morgan fingerprint density at radius 2 is 2.10 bits per heavy atom. The van der Waals surface area contributed by atoms with Crippen LogP contribution in [-0.4, -0.2) is 60.1 Å². The third-order valence-electron chi connectivity index (χ3n) is 4.71. The first-order chi connectivity index (χ1) is 10.1. The van der Waals surface area contributed by atoms with Crippen molar-refractivity contribution in [3.8, 4) is 0 Å². The predicted octanol–water partition coefficient (Wildman–Crippen LogP) is 1.19. The fraction of sp³-hybridized carbons (Fsp3) is 0.733. The minimum atomic E-state index is -0.0714. The quantitative estimate of drug-likeness (QED) is 0.903. The molecule has 0 unspecified atom stereocenters. The number of amides is 1. The molecule has 2 saturated heterocycles. The maximum atomic E-state index is 12.5. The molecular weight excluding hydrogens is 268 g/mol. The minimum absolute atomic E-state index is 0.0270. The minimum Gasteiger partial charge on any atom is -0.360 e. The van der Waals surface area contributed by atoms with Crippen LogP contribution < -0.4 is 5.32 Å². The van der Waals surface area contributed by atoms with Crippen molar-refractivity contribution in [1.82, 2.24) is 15.0 Å². The summed E-state index contributed by atoms with van der Waals surface area (Å²) in [7, 11) is 2.18. The van der Waals surface area contributed by atoms with E-state index in [1.54, 1.807) is 6.07 Å². The fourth-order valence-corrected chi connectivity index (χ4v) is 3.76. The van der Waals surface area contributed by atoms with Crippen molar-refractivity contribution >= 4 is 11.7 Å². The zero-order valence-corrected chi connectivity index (χ0v) is 13.0. The summed E-state index contributed by atoms with van der Waals surface area (Å²) in [4.78, 5) is 17.2. The smallest absolute Gasteiger partial charge is 0.242 e. The van der Waals surface area contributed by atoms with Crippen molar-refractivity contribution in [3.63, 3.8) is 0 Å². The van der Waals surface area contributed by atoms with Gasteiger partial charge in [-0.15, -0.1) is 0 Å². The summed E-state index contributed by atoms with van der Waals surface area (Å²) >= 11 is 0. The number of carbonyl (C=O) groups excluding carboxylic acids is 1. The van der Waals surface area contributed by atoms with Crippen LogP contribution in [0.25, 0.3) is 0 Å². The second-order valence-corrected chi connectivity index (χ2v) is 6.43. The van der Waals surface area contributed by atoms with E-state index in [0.29, 0.717) is 23.4 Å². The molecule has 1 N–H and O–H groups in total. The average molecular weight is 292 g/mol. The molecule has 0 radical (unpaired) electrons. The van der Waals surface area contributed by atoms with Gasteiger partial charge in [0.2, 0.25) is 5.91 Å². The van der Waals surface area contributed by atoms with Crippen LogP contribution in [-0.2, 0) is 4.79 Å². The number of aryl methyl sites for hydroxylation is 1. The molecule has 0 aromatic carbocycles. The van der Waals surface area contributed by atoms with E-state index in [1.807, 2.05) is 6.92 Å². The van der Waals surface area contributed by atoms with Gasteiger partial charge in [0.15, 0.2) is 5.82 Å². The molecule has 1 amide bonds. The highest BCUT2D eigenvalue weighted by Crippen LogP contribution is 2.32. The monoisotopic (exact) mass is 292 g/mol. The lowest BCUT2D eigenvalue weighted by Crippen LogP contribution is -2.43. The summed E-state index contributed by atoms with van der Waals surface area (Å²) in [5.74, 6) is 2.67. The molecule has 2 aliphatic rings. The summed E-state index contributed by atoms with van der Waals surface area (Å²) in [6.07, 6.45) is 0.817. The summed E-state index contributed by atoms with van der Waals surface area (Å²) in [6, 6.07) is 1.68. The van der Waals surface area contributed by atoms with E-state index in [1.165, 1.54) is 0 Å². The first-order valence-electron chi connectivity index (χ1n) is 7.73. The number of rotatable bonds is 4. The Morgan fingerprint density at radius 1 is 1.43 bits per heavy atom. The Morgan fingerprint density at radius 3 is 2.62 bits per heavy atom. The van der Waals surface area contributed by atoms with Gasteiger partial charge < -0.3 is 14.7 Å². The molecule has 3 rings (SSSR count). The molecule has 2 fully saturated rings. The lowest BCUT2D eigenvalue weighted by Gasteiger charge is -2.26. The number of nitrogens with one attached hydrogen (secondary N) is 1. The van der Waals surface area contributed by atoms with Crippen molar-refractivity contribution in [2.45, 2.75) is 26.3 Å². The Labute approximate surface area is 125 Å². The lowest BCUT2D eigenvalue weighted by molar-refractivity contribution is -0.121. The summed E-state index contributed by atoms with van der Waals surface area (Å²) < 4.78 is 4.99. The number of likely N-dealkylation sites (tertiary alicyclic amines) is 2. The van der Waals surface area contributed by atoms with E-state index < -0.39 is 0 Å². The molecule has 0 saturated carbocycles. The van der Waals surface area contributed by atoms with Crippen LogP contribution in [0.5, 0.6) is 0 Å². The van der Waals surface area contributed by atoms with Crippen LogP contribution in [0.1, 0.15) is 19.1 Å². The molecule has 0 spiro atoms. The predicted molar refractivity (Wildman–Crippen MR) is 80.0 cm³/mol. The Balaban J connectivity index is 1.61. The highest BCUT2D eigenvalue weighted by molar-refractivity contribution is 5.94. The Hall–Kier alpha value is -1.40. The van der Waals surface area contributed by atoms with Gasteiger partial charge in [0.05, 0.1) is 6.04 Å². The van der Waals surface area contributed by atoms with Crippen LogP contribution in [0.4, 0.5) is 5.82 Å². The van der Waals surface area contributed by atoms with E-state index in [2.05, 4.69) is 34.2 Å². The molecule has 116 valence electrons. The molecule has 21 heavy (non-hydrogen) atoms. The van der Waals surface area contributed by atoms with E-state index in [0.717, 1.165) is 32.6 Å². The van der Waals surface area contributed by atoms with Crippen LogP contribution in [0, 0.1) is 18.8 Å². The topological polar surface area (TPSA) is 61.6 Å². The number of fused-ring (bicyclic) bond motifs is 1. The largest absolute Gasteiger partial charge is 0.360 e. The zero-order chi connectivity index (χ0) is 15.0. The molecule has 1 aromatic heterocycles. The van der Waals surface area contributed by atoms with E-state index in [-0.39, 0.29) is 11.9 Å². The van der Waals surface area contributed by atoms with E-state index >= 15 is 0 Å². The van der Waals surface area contributed by atoms with Gasteiger partial charge in [-0.2, -0.15) is 0 Å². The van der Waals surface area contributed by atoms with Crippen LogP contribution in [0.2, 0.25) is 0 Å². The summed E-state index contributed by atoms with van der Waals surface area (Å²) in [5, 5.41) is 6.70. The van der Waals surface area contributed by atoms with Gasteiger partial charge in [0.25, 0.3) is 0 Å². The maximum absolute atomic E-state index is 12.5. The third-order valence-corrected chi connectivity index (χ3v) is 4.71. The molecule has 6 nitrogen and oxygen atoms in total. The van der Waals surface area contributed by atoms with E-state index in [9.17, 15) is 4.79 Å². The first-order valence-corrected chi connectivity index (χ1v) is 7.73. The first kappa shape index (κ1) is 14.5. The summed E-state index contributed by atoms with van der Waals surface area (Å²) in [6.45, 7) is 8.25. The standard InChI is InChI=1S/C15H24N4O2/c1-4-13(15(20)16-14-5-10(2)21-17-14)19-8-11-6-18(3)7-12(11)9-19/h5,11-13H,4,6-9H2,1-3H3,(H,16,17,20)/t11-,12+,13-/m0/s1. The third kappa shape index (κ3) is 2.96. The van der Waals surface area contributed by atoms with Crippen molar-refractivity contribution in [3.05, 3.63) is 11.8 Å². The average Bonchev–Trinajstić information content (AvgIpc) is 3.05. The second kappa shape index (κ2) is 5.77. The van der Waals surface area contributed by atoms with Crippen LogP contribution in [0.3, 0.4) is 0 Å². The SMILES string of the molecule is CC[C@@H](C(=O)Nc1cc(C)on1)N1C[C@H]2CN(C)C[C@H]2C1. The van der Waals surface area contributed by atoms with Crippen molar-refractivity contribution in [1.29, 1.82) is 0 Å². The van der Waals surface area contributed by atoms with Gasteiger partial charge in [0.1, 0.15) is 5.76 Å². The molecule has 2 aliphatic heterocycles. The number of aromatic nitrogens is 1. The van der Waals surface area contributed by atoms with Crippen LogP contribution in [0.15, 0.2) is 10.6 Å². The highest BCUT2D eigenvalue weighted by atomic mass is 16.5. The molecule has 0 bridgehead atoms. The van der Waals surface area contributed by atoms with Gasteiger partial charge in [0, 0.05) is 32.2 Å². The Kier molecular flexibility index (Phi) is 3.99. The number of carbonyl (C=O) groups is 1. The zero-order valence-electron chi connectivity index (χ0n) is 13.0. The van der Waals surface area contributed by atoms with Crippen molar-refractivity contribution in [2.24, 2.45) is 11.8 Å². The van der Waals surface area contributed by atoms with Gasteiger partial charge in [-0.05, 0) is 32.2 Å².